The standard InChI is InChI=1S/C27H31ClF2N2O8S2/c28-20-6-2-15(26(35)31-18-5-7-21(29)22(30)13-18)10-24(20)42(39,40)19-11-16-3-4-17(12-19)27(16,36)25(34)23(33)14-32-8-1-9-41(32,37)38/h2,5-7,10,13,16-17,19,23,25,33-34,36H,1,3-4,8-9,11-12,14H2,(H,31,35). The lowest BCUT2D eigenvalue weighted by molar-refractivity contribution is -0.176. The lowest BCUT2D eigenvalue weighted by atomic mass is 9.70. The molecule has 3 fully saturated rings. The maximum atomic E-state index is 13.8. The van der Waals surface area contributed by atoms with Gasteiger partial charge >= 0.3 is 0 Å². The zero-order valence-electron chi connectivity index (χ0n) is 22.3. The number of β-amino-alcohol motifs (C(OH)–C–C–N with tert-alkyl or cyclic N) is 1. The van der Waals surface area contributed by atoms with Crippen LogP contribution < -0.4 is 5.32 Å². The van der Waals surface area contributed by atoms with Crippen LogP contribution in [0.4, 0.5) is 14.5 Å². The summed E-state index contributed by atoms with van der Waals surface area (Å²) in [6.07, 6.45) is -2.19. The van der Waals surface area contributed by atoms with E-state index in [1.165, 1.54) is 12.1 Å². The smallest absolute Gasteiger partial charge is 0.255 e. The minimum atomic E-state index is -4.15. The highest BCUT2D eigenvalue weighted by Crippen LogP contribution is 2.54. The van der Waals surface area contributed by atoms with E-state index in [1.54, 1.807) is 0 Å². The summed E-state index contributed by atoms with van der Waals surface area (Å²) in [5.41, 5.74) is -1.94. The molecule has 4 unspecified atom stereocenters. The van der Waals surface area contributed by atoms with Crippen molar-refractivity contribution in [3.05, 3.63) is 58.6 Å². The Balaban J connectivity index is 1.33. The van der Waals surface area contributed by atoms with Gasteiger partial charge in [0.15, 0.2) is 21.5 Å². The van der Waals surface area contributed by atoms with Crippen LogP contribution in [0, 0.1) is 23.5 Å². The summed E-state index contributed by atoms with van der Waals surface area (Å²) < 4.78 is 79.7. The summed E-state index contributed by atoms with van der Waals surface area (Å²) in [6.45, 7) is -0.168. The minimum Gasteiger partial charge on any atom is -0.389 e. The molecule has 0 aromatic heterocycles. The summed E-state index contributed by atoms with van der Waals surface area (Å²) >= 11 is 6.27. The van der Waals surface area contributed by atoms with Crippen LogP contribution in [0.2, 0.25) is 5.02 Å². The number of nitrogens with zero attached hydrogens (tertiary/aromatic N) is 1. The number of carbonyl (C=O) groups is 1. The van der Waals surface area contributed by atoms with Gasteiger partial charge in [-0.2, -0.15) is 4.31 Å². The number of fused-ring (bicyclic) bond motifs is 2. The maximum Gasteiger partial charge on any atom is 0.255 e. The number of amides is 1. The fourth-order valence-corrected chi connectivity index (χ4v) is 10.6. The van der Waals surface area contributed by atoms with Crippen molar-refractivity contribution in [2.75, 3.05) is 24.2 Å². The van der Waals surface area contributed by atoms with Crippen molar-refractivity contribution < 1.29 is 45.7 Å². The summed E-state index contributed by atoms with van der Waals surface area (Å²) in [5, 5.41) is 34.6. The van der Waals surface area contributed by atoms with Crippen LogP contribution in [0.5, 0.6) is 0 Å². The van der Waals surface area contributed by atoms with Crippen molar-refractivity contribution >= 4 is 43.1 Å². The Morgan fingerprint density at radius 3 is 2.36 bits per heavy atom. The molecule has 2 aromatic rings. The van der Waals surface area contributed by atoms with E-state index in [1.807, 2.05) is 0 Å². The van der Waals surface area contributed by atoms with Crippen LogP contribution in [-0.2, 0) is 19.9 Å². The van der Waals surface area contributed by atoms with E-state index in [0.29, 0.717) is 19.3 Å². The number of sulfonamides is 1. The first-order valence-corrected chi connectivity index (χ1v) is 17.0. The monoisotopic (exact) mass is 648 g/mol. The molecule has 0 spiro atoms. The normalized spacial score (nSPS) is 28.9. The Bertz CT molecular complexity index is 1590. The number of anilines is 1. The lowest BCUT2D eigenvalue weighted by Gasteiger charge is -2.46. The van der Waals surface area contributed by atoms with Crippen molar-refractivity contribution in [3.63, 3.8) is 0 Å². The highest BCUT2D eigenvalue weighted by atomic mass is 35.5. The summed E-state index contributed by atoms with van der Waals surface area (Å²) in [5.74, 6) is -4.49. The molecule has 0 radical (unpaired) electrons. The molecule has 5 rings (SSSR count). The molecule has 2 bridgehead atoms. The quantitative estimate of drug-likeness (QED) is 0.339. The number of aliphatic hydroxyl groups is 3. The largest absolute Gasteiger partial charge is 0.389 e. The zero-order valence-corrected chi connectivity index (χ0v) is 24.7. The van der Waals surface area contributed by atoms with Crippen LogP contribution >= 0.6 is 11.6 Å². The number of sulfone groups is 1. The summed E-state index contributed by atoms with van der Waals surface area (Å²) in [7, 11) is -7.70. The van der Waals surface area contributed by atoms with Crippen molar-refractivity contribution in [3.8, 4) is 0 Å². The van der Waals surface area contributed by atoms with Gasteiger partial charge in [-0.05, 0) is 74.3 Å². The van der Waals surface area contributed by atoms with Gasteiger partial charge in [0.05, 0.1) is 32.6 Å². The molecular formula is C27H31ClF2N2O8S2. The maximum absolute atomic E-state index is 13.8. The molecule has 2 saturated carbocycles. The van der Waals surface area contributed by atoms with Crippen molar-refractivity contribution in [2.24, 2.45) is 11.8 Å². The summed E-state index contributed by atoms with van der Waals surface area (Å²) in [6, 6.07) is 6.41. The highest BCUT2D eigenvalue weighted by Gasteiger charge is 2.60. The van der Waals surface area contributed by atoms with Crippen LogP contribution in [0.1, 0.15) is 42.5 Å². The van der Waals surface area contributed by atoms with E-state index in [9.17, 15) is 45.7 Å². The predicted octanol–water partition coefficient (Wildman–Crippen LogP) is 2.32. The van der Waals surface area contributed by atoms with E-state index in [4.69, 9.17) is 11.6 Å². The van der Waals surface area contributed by atoms with E-state index in [0.717, 1.165) is 28.6 Å². The fraction of sp³-hybridized carbons (Fsp3) is 0.519. The molecule has 230 valence electrons. The van der Waals surface area contributed by atoms with Gasteiger partial charge in [-0.25, -0.2) is 25.6 Å². The third kappa shape index (κ3) is 5.58. The SMILES string of the molecule is O=C(Nc1ccc(F)c(F)c1)c1ccc(Cl)c(S(=O)(=O)C2CC3CCC(C2)C3(O)C(O)C(O)CN2CCCS2(=O)=O)c1. The van der Waals surface area contributed by atoms with E-state index in [2.05, 4.69) is 5.32 Å². The van der Waals surface area contributed by atoms with Gasteiger partial charge in [-0.1, -0.05) is 11.6 Å². The Labute approximate surface area is 247 Å². The third-order valence-electron chi connectivity index (χ3n) is 8.81. The number of hydrogen-bond acceptors (Lipinski definition) is 8. The second-order valence-corrected chi connectivity index (χ2v) is 16.0. The fourth-order valence-electron chi connectivity index (χ4n) is 6.61. The average Bonchev–Trinajstić information content (AvgIpc) is 3.31. The number of aliphatic hydroxyl groups excluding tert-OH is 2. The van der Waals surface area contributed by atoms with Gasteiger partial charge in [0, 0.05) is 30.4 Å². The van der Waals surface area contributed by atoms with Gasteiger partial charge in [-0.15, -0.1) is 0 Å². The number of halogens is 3. The molecule has 4 atom stereocenters. The number of nitrogens with one attached hydrogen (secondary N) is 1. The number of hydrogen-bond donors (Lipinski definition) is 4. The molecule has 2 aromatic carbocycles. The van der Waals surface area contributed by atoms with E-state index in [-0.39, 0.29) is 52.9 Å². The molecule has 1 amide bonds. The highest BCUT2D eigenvalue weighted by molar-refractivity contribution is 7.92. The molecule has 1 aliphatic heterocycles. The topological polar surface area (TPSA) is 161 Å². The van der Waals surface area contributed by atoms with Gasteiger partial charge in [0.2, 0.25) is 10.0 Å². The molecule has 1 heterocycles. The molecule has 10 nitrogen and oxygen atoms in total. The molecule has 15 heteroatoms. The van der Waals surface area contributed by atoms with Gasteiger partial charge in [-0.3, -0.25) is 4.79 Å². The van der Waals surface area contributed by atoms with E-state index >= 15 is 0 Å². The first-order valence-electron chi connectivity index (χ1n) is 13.5. The Morgan fingerprint density at radius 1 is 1.10 bits per heavy atom. The van der Waals surface area contributed by atoms with Crippen LogP contribution in [0.3, 0.4) is 0 Å². The first-order chi connectivity index (χ1) is 19.6. The average molecular weight is 649 g/mol. The van der Waals surface area contributed by atoms with Gasteiger partial charge < -0.3 is 20.6 Å². The van der Waals surface area contributed by atoms with E-state index < -0.39 is 72.3 Å². The molecule has 1 saturated heterocycles. The Morgan fingerprint density at radius 2 is 1.76 bits per heavy atom. The molecular weight excluding hydrogens is 618 g/mol. The van der Waals surface area contributed by atoms with Gasteiger partial charge in [0.1, 0.15) is 6.10 Å². The van der Waals surface area contributed by atoms with Crippen molar-refractivity contribution in [2.45, 2.75) is 60.1 Å². The number of benzene rings is 2. The Hall–Kier alpha value is -2.20. The number of carbonyl (C=O) groups excluding carboxylic acids is 1. The third-order valence-corrected chi connectivity index (χ3v) is 13.4. The predicted molar refractivity (Wildman–Crippen MR) is 149 cm³/mol. The summed E-state index contributed by atoms with van der Waals surface area (Å²) in [4.78, 5) is 12.5. The zero-order chi connectivity index (χ0) is 30.6. The second-order valence-electron chi connectivity index (χ2n) is 11.3. The van der Waals surface area contributed by atoms with Crippen molar-refractivity contribution in [1.82, 2.24) is 4.31 Å². The Kier molecular flexibility index (Phi) is 8.46. The van der Waals surface area contributed by atoms with Crippen LogP contribution in [0.15, 0.2) is 41.3 Å². The first kappa shape index (κ1) is 31.2. The number of rotatable bonds is 8. The molecule has 42 heavy (non-hydrogen) atoms. The molecule has 3 aliphatic rings. The molecule has 2 aliphatic carbocycles. The second kappa shape index (κ2) is 11.4. The lowest BCUT2D eigenvalue weighted by Crippen LogP contribution is -2.60. The molecule has 4 N–H and O–H groups in total. The van der Waals surface area contributed by atoms with Crippen LogP contribution in [-0.4, -0.2) is 84.3 Å². The van der Waals surface area contributed by atoms with Gasteiger partial charge in [0.25, 0.3) is 5.91 Å². The van der Waals surface area contributed by atoms with Crippen molar-refractivity contribution in [1.29, 1.82) is 0 Å². The minimum absolute atomic E-state index is 0.0375. The van der Waals surface area contributed by atoms with Crippen LogP contribution in [0.25, 0.3) is 0 Å².